The Hall–Kier alpha value is -3.93. The van der Waals surface area contributed by atoms with Crippen molar-refractivity contribution in [2.24, 2.45) is 17.6 Å². The van der Waals surface area contributed by atoms with Crippen LogP contribution in [0.1, 0.15) is 81.6 Å². The highest BCUT2D eigenvalue weighted by molar-refractivity contribution is 6.38. The number of carbonyl (C=O) groups excluding carboxylic acids is 6. The predicted molar refractivity (Wildman–Crippen MR) is 167 cm³/mol. The molecule has 13 heteroatoms. The summed E-state index contributed by atoms with van der Waals surface area (Å²) in [5, 5.41) is 9.84. The van der Waals surface area contributed by atoms with Gasteiger partial charge in [0.15, 0.2) is 0 Å². The highest BCUT2D eigenvalue weighted by Gasteiger charge is 2.47. The number of carbonyl (C=O) groups is 6. The average Bonchev–Trinajstić information content (AvgIpc) is 3.56. The fraction of sp³-hybridized carbons (Fsp3) is 0.562. The minimum Gasteiger partial charge on any atom is -0.363 e. The number of rotatable bonds is 10. The lowest BCUT2D eigenvalue weighted by Crippen LogP contribution is -2.54. The molecule has 3 atom stereocenters. The Kier molecular flexibility index (Phi) is 9.81. The fourth-order valence-electron chi connectivity index (χ4n) is 7.16. The van der Waals surface area contributed by atoms with E-state index >= 15 is 0 Å². The smallest absolute Gasteiger partial charge is 0.287 e. The highest BCUT2D eigenvalue weighted by Crippen LogP contribution is 2.36. The van der Waals surface area contributed by atoms with Gasteiger partial charge in [-0.1, -0.05) is 43.7 Å². The molecule has 2 aliphatic heterocycles. The number of primary amides is 1. The molecule has 5 rings (SSSR count). The molecule has 2 aromatic rings. The molecule has 1 spiro atoms. The second-order valence-electron chi connectivity index (χ2n) is 12.9. The van der Waals surface area contributed by atoms with Crippen LogP contribution in [0, 0.1) is 11.8 Å². The molecule has 45 heavy (non-hydrogen) atoms. The summed E-state index contributed by atoms with van der Waals surface area (Å²) in [7, 11) is 0. The molecule has 1 aliphatic carbocycles. The number of nitrogens with two attached hydrogens (primary N) is 1. The molecule has 6 N–H and O–H groups in total. The number of hydrogen-bond donors (Lipinski definition) is 5. The van der Waals surface area contributed by atoms with Crippen LogP contribution in [0.4, 0.5) is 0 Å². The van der Waals surface area contributed by atoms with Crippen LogP contribution < -0.4 is 21.7 Å². The lowest BCUT2D eigenvalue weighted by Gasteiger charge is -2.39. The van der Waals surface area contributed by atoms with E-state index in [4.69, 9.17) is 17.3 Å². The van der Waals surface area contributed by atoms with E-state index in [0.29, 0.717) is 49.3 Å². The molecule has 3 heterocycles. The molecular weight excluding hydrogens is 600 g/mol. The number of H-pyrrole nitrogens is 1. The average molecular weight is 641 g/mol. The van der Waals surface area contributed by atoms with Crippen LogP contribution in [0.2, 0.25) is 5.02 Å². The third kappa shape index (κ3) is 7.66. The number of ketones is 1. The van der Waals surface area contributed by atoms with E-state index in [0.717, 1.165) is 37.5 Å². The Labute approximate surface area is 266 Å². The molecule has 3 unspecified atom stereocenters. The van der Waals surface area contributed by atoms with Crippen LogP contribution in [0.5, 0.6) is 0 Å². The maximum Gasteiger partial charge on any atom is 0.287 e. The summed E-state index contributed by atoms with van der Waals surface area (Å²) < 4.78 is 0. The Morgan fingerprint density at radius 2 is 1.73 bits per heavy atom. The molecule has 1 saturated carbocycles. The van der Waals surface area contributed by atoms with E-state index < -0.39 is 47.0 Å². The van der Waals surface area contributed by atoms with Gasteiger partial charge in [0.25, 0.3) is 11.8 Å². The zero-order valence-corrected chi connectivity index (χ0v) is 26.2. The van der Waals surface area contributed by atoms with Crippen molar-refractivity contribution in [3.05, 3.63) is 35.0 Å². The number of aromatic nitrogens is 1. The first-order valence-corrected chi connectivity index (χ1v) is 16.1. The summed E-state index contributed by atoms with van der Waals surface area (Å²) in [6.45, 7) is 2.53. The van der Waals surface area contributed by atoms with Crippen molar-refractivity contribution in [3.63, 3.8) is 0 Å². The van der Waals surface area contributed by atoms with Gasteiger partial charge >= 0.3 is 0 Å². The van der Waals surface area contributed by atoms with E-state index in [2.05, 4.69) is 20.9 Å². The lowest BCUT2D eigenvalue weighted by atomic mass is 9.81. The summed E-state index contributed by atoms with van der Waals surface area (Å²) in [4.78, 5) is 81.8. The number of amides is 5. The Balaban J connectivity index is 1.31. The van der Waals surface area contributed by atoms with Crippen molar-refractivity contribution < 1.29 is 28.8 Å². The Morgan fingerprint density at radius 1 is 1.02 bits per heavy atom. The number of hydrogen-bond acceptors (Lipinski definition) is 6. The van der Waals surface area contributed by atoms with E-state index in [1.165, 1.54) is 6.92 Å². The van der Waals surface area contributed by atoms with Crippen LogP contribution >= 0.6 is 11.6 Å². The van der Waals surface area contributed by atoms with Crippen LogP contribution in [0.25, 0.3) is 10.9 Å². The first kappa shape index (κ1) is 32.5. The number of nitrogens with one attached hydrogen (secondary N) is 4. The van der Waals surface area contributed by atoms with Crippen molar-refractivity contribution in [1.29, 1.82) is 0 Å². The standard InChI is InChI=1S/C32H41ClN6O6/c1-18(40)39-11-9-32(10-12-39)17-21(29(43)38-32)16-24(27(41)28(34)42)36-30(44)25(13-19-5-3-2-4-6-19)37-31(45)26-15-20-14-22(33)7-8-23(20)35-26/h7-8,14-15,19,21,24-25,35H,2-6,9-13,16-17H2,1H3,(H2,34,42)(H,36,44)(H,37,45)(H,38,43). The van der Waals surface area contributed by atoms with Crippen molar-refractivity contribution in [2.75, 3.05) is 13.1 Å². The zero-order chi connectivity index (χ0) is 32.3. The zero-order valence-electron chi connectivity index (χ0n) is 25.5. The largest absolute Gasteiger partial charge is 0.363 e. The van der Waals surface area contributed by atoms with E-state index in [-0.39, 0.29) is 29.8 Å². The van der Waals surface area contributed by atoms with Crippen molar-refractivity contribution in [2.45, 2.75) is 88.8 Å². The monoisotopic (exact) mass is 640 g/mol. The fourth-order valence-corrected chi connectivity index (χ4v) is 7.34. The number of nitrogens with zero attached hydrogens (tertiary/aromatic N) is 1. The van der Waals surface area contributed by atoms with E-state index in [9.17, 15) is 28.8 Å². The van der Waals surface area contributed by atoms with Gasteiger partial charge in [-0.05, 0) is 62.3 Å². The molecule has 5 amide bonds. The molecule has 3 aliphatic rings. The van der Waals surface area contributed by atoms with Gasteiger partial charge in [0, 0.05) is 47.4 Å². The number of benzene rings is 1. The number of piperidine rings is 1. The first-order valence-electron chi connectivity index (χ1n) is 15.7. The van der Waals surface area contributed by atoms with Crippen molar-refractivity contribution in [3.8, 4) is 0 Å². The number of Topliss-reactive ketones (excluding diaryl/α,β-unsaturated/α-hetero) is 1. The molecule has 2 saturated heterocycles. The molecule has 0 radical (unpaired) electrons. The van der Waals surface area contributed by atoms with Crippen LogP contribution in [0.3, 0.4) is 0 Å². The number of aromatic amines is 1. The normalized spacial score (nSPS) is 21.2. The summed E-state index contributed by atoms with van der Waals surface area (Å²) in [5.74, 6) is -4.07. The highest BCUT2D eigenvalue weighted by atomic mass is 35.5. The van der Waals surface area contributed by atoms with E-state index in [1.54, 1.807) is 29.2 Å². The van der Waals surface area contributed by atoms with Gasteiger partial charge < -0.3 is 31.6 Å². The van der Waals surface area contributed by atoms with Gasteiger partial charge in [-0.25, -0.2) is 0 Å². The van der Waals surface area contributed by atoms with Gasteiger partial charge in [-0.2, -0.15) is 0 Å². The van der Waals surface area contributed by atoms with Gasteiger partial charge in [-0.15, -0.1) is 0 Å². The first-order chi connectivity index (χ1) is 21.4. The van der Waals surface area contributed by atoms with E-state index in [1.807, 2.05) is 0 Å². The SMILES string of the molecule is CC(=O)N1CCC2(CC1)CC(CC(NC(=O)C(CC1CCCCC1)NC(=O)c1cc3cc(Cl)ccc3[nH]1)C(=O)C(N)=O)C(=O)N2. The maximum atomic E-state index is 13.8. The lowest BCUT2D eigenvalue weighted by molar-refractivity contribution is -0.139. The summed E-state index contributed by atoms with van der Waals surface area (Å²) in [6, 6.07) is 4.53. The summed E-state index contributed by atoms with van der Waals surface area (Å²) >= 11 is 6.10. The quantitative estimate of drug-likeness (QED) is 0.248. The summed E-state index contributed by atoms with van der Waals surface area (Å²) in [6.07, 6.45) is 6.82. The second kappa shape index (κ2) is 13.6. The Bertz CT molecular complexity index is 1490. The summed E-state index contributed by atoms with van der Waals surface area (Å²) in [5.41, 5.74) is 5.82. The number of likely N-dealkylation sites (tertiary alicyclic amines) is 1. The third-order valence-corrected chi connectivity index (χ3v) is 9.94. The molecule has 1 aromatic carbocycles. The maximum absolute atomic E-state index is 13.8. The third-order valence-electron chi connectivity index (χ3n) is 9.70. The topological polar surface area (TPSA) is 184 Å². The van der Waals surface area contributed by atoms with Gasteiger partial charge in [-0.3, -0.25) is 28.8 Å². The number of fused-ring (bicyclic) bond motifs is 1. The van der Waals surface area contributed by atoms with Crippen LogP contribution in [-0.4, -0.2) is 75.9 Å². The second-order valence-corrected chi connectivity index (χ2v) is 13.3. The van der Waals surface area contributed by atoms with Gasteiger partial charge in [0.1, 0.15) is 11.7 Å². The van der Waals surface area contributed by atoms with Gasteiger partial charge in [0.2, 0.25) is 23.5 Å². The minimum atomic E-state index is -1.33. The predicted octanol–water partition coefficient (Wildman–Crippen LogP) is 2.34. The Morgan fingerprint density at radius 3 is 2.40 bits per heavy atom. The van der Waals surface area contributed by atoms with Crippen molar-refractivity contribution >= 4 is 57.8 Å². The molecule has 1 aromatic heterocycles. The molecule has 0 bridgehead atoms. The van der Waals surface area contributed by atoms with Gasteiger partial charge in [0.05, 0.1) is 6.04 Å². The number of halogens is 1. The molecule has 3 fully saturated rings. The molecule has 242 valence electrons. The molecular formula is C32H41ClN6O6. The van der Waals surface area contributed by atoms with Crippen molar-refractivity contribution in [1.82, 2.24) is 25.8 Å². The molecule has 12 nitrogen and oxygen atoms in total. The van der Waals surface area contributed by atoms with Crippen LogP contribution in [-0.2, 0) is 24.0 Å². The van der Waals surface area contributed by atoms with Crippen LogP contribution in [0.15, 0.2) is 24.3 Å². The minimum absolute atomic E-state index is 0.0237.